The van der Waals surface area contributed by atoms with Gasteiger partial charge >= 0.3 is 0 Å². The highest BCUT2D eigenvalue weighted by molar-refractivity contribution is 7.96. The van der Waals surface area contributed by atoms with E-state index >= 15 is 0 Å². The number of nitrogens with two attached hydrogens (primary N) is 2. The van der Waals surface area contributed by atoms with Gasteiger partial charge in [-0.25, -0.2) is 0 Å². The summed E-state index contributed by atoms with van der Waals surface area (Å²) in [5.41, 5.74) is 9.31. The third-order valence-corrected chi connectivity index (χ3v) is 7.28. The van der Waals surface area contributed by atoms with Crippen LogP contribution in [0.4, 0.5) is 0 Å². The van der Waals surface area contributed by atoms with Crippen molar-refractivity contribution < 1.29 is 9.59 Å². The average Bonchev–Trinajstić information content (AvgIpc) is 3.62. The van der Waals surface area contributed by atoms with Crippen molar-refractivity contribution in [1.82, 2.24) is 14.9 Å². The van der Waals surface area contributed by atoms with Gasteiger partial charge in [-0.15, -0.1) is 11.3 Å². The number of nitrogens with one attached hydrogen (secondary N) is 2. The molecule has 3 aromatic rings. The first-order valence-electron chi connectivity index (χ1n) is 12.0. The molecule has 1 aromatic heterocycles. The Kier molecular flexibility index (Phi) is 11.5. The number of benzene rings is 2. The van der Waals surface area contributed by atoms with Gasteiger partial charge in [0.2, 0.25) is 11.8 Å². The maximum Gasteiger partial charge on any atom is 0.243 e. The molecule has 1 atom stereocenters. The Labute approximate surface area is 226 Å². The van der Waals surface area contributed by atoms with E-state index in [-0.39, 0.29) is 24.2 Å². The van der Waals surface area contributed by atoms with Crippen LogP contribution in [-0.2, 0) is 22.6 Å². The van der Waals surface area contributed by atoms with Gasteiger partial charge in [-0.2, -0.15) is 5.10 Å². The normalized spacial score (nSPS) is 15.1. The van der Waals surface area contributed by atoms with Crippen molar-refractivity contribution in [3.8, 4) is 0 Å². The van der Waals surface area contributed by atoms with E-state index in [9.17, 15) is 9.59 Å². The molecule has 196 valence electrons. The molecular weight excluding hydrogens is 504 g/mol. The fourth-order valence-corrected chi connectivity index (χ4v) is 5.06. The number of amides is 2. The first kappa shape index (κ1) is 28.2. The van der Waals surface area contributed by atoms with Crippen LogP contribution in [0.2, 0.25) is 0 Å². The predicted octanol–water partition coefficient (Wildman–Crippen LogP) is 3.08. The SMILES string of the molecule is CSNCC(=O)N1CCCC1C(=O)NCc1csc(/C(N)=N/N)c1.c1ccc(Cc2ccccc2)cc1. The van der Waals surface area contributed by atoms with Gasteiger partial charge in [-0.1, -0.05) is 72.6 Å². The van der Waals surface area contributed by atoms with Crippen LogP contribution in [0.25, 0.3) is 0 Å². The van der Waals surface area contributed by atoms with Gasteiger partial charge in [-0.3, -0.25) is 14.3 Å². The van der Waals surface area contributed by atoms with E-state index in [1.165, 1.54) is 34.4 Å². The molecule has 37 heavy (non-hydrogen) atoms. The Morgan fingerprint density at radius 3 is 2.32 bits per heavy atom. The van der Waals surface area contributed by atoms with Gasteiger partial charge in [0.15, 0.2) is 5.84 Å². The van der Waals surface area contributed by atoms with E-state index in [0.29, 0.717) is 19.5 Å². The summed E-state index contributed by atoms with van der Waals surface area (Å²) >= 11 is 2.81. The van der Waals surface area contributed by atoms with Crippen LogP contribution in [0.15, 0.2) is 77.2 Å². The second-order valence-electron chi connectivity index (χ2n) is 8.47. The zero-order valence-corrected chi connectivity index (χ0v) is 22.6. The van der Waals surface area contributed by atoms with Gasteiger partial charge in [0.1, 0.15) is 6.04 Å². The van der Waals surface area contributed by atoms with Gasteiger partial charge in [0.05, 0.1) is 11.4 Å². The molecule has 0 bridgehead atoms. The van der Waals surface area contributed by atoms with E-state index in [1.54, 1.807) is 4.90 Å². The van der Waals surface area contributed by atoms with E-state index in [1.807, 2.05) is 17.7 Å². The Bertz CT molecular complexity index is 1120. The molecule has 1 aliphatic heterocycles. The summed E-state index contributed by atoms with van der Waals surface area (Å²) in [6, 6.07) is 22.5. The lowest BCUT2D eigenvalue weighted by Crippen LogP contribution is -2.47. The van der Waals surface area contributed by atoms with Crippen LogP contribution >= 0.6 is 23.3 Å². The van der Waals surface area contributed by atoms with Crippen LogP contribution in [0.3, 0.4) is 0 Å². The van der Waals surface area contributed by atoms with Crippen LogP contribution < -0.4 is 21.6 Å². The minimum atomic E-state index is -0.394. The van der Waals surface area contributed by atoms with Gasteiger partial charge in [-0.05, 0) is 53.7 Å². The summed E-state index contributed by atoms with van der Waals surface area (Å²) in [5, 5.41) is 8.23. The molecule has 1 aliphatic rings. The Hall–Kier alpha value is -3.34. The summed E-state index contributed by atoms with van der Waals surface area (Å²) in [6.45, 7) is 1.24. The van der Waals surface area contributed by atoms with Crippen molar-refractivity contribution in [3.05, 3.63) is 93.7 Å². The maximum absolute atomic E-state index is 12.4. The molecule has 2 aromatic carbocycles. The lowest BCUT2D eigenvalue weighted by molar-refractivity contribution is -0.137. The summed E-state index contributed by atoms with van der Waals surface area (Å²) in [6.07, 6.45) is 4.42. The second-order valence-corrected chi connectivity index (χ2v) is 10.1. The van der Waals surface area contributed by atoms with Crippen molar-refractivity contribution in [1.29, 1.82) is 0 Å². The highest BCUT2D eigenvalue weighted by atomic mass is 32.2. The molecule has 10 heteroatoms. The molecular formula is C27H34N6O2S2. The summed E-state index contributed by atoms with van der Waals surface area (Å²) in [5.74, 6) is 5.25. The molecule has 2 heterocycles. The van der Waals surface area contributed by atoms with Crippen LogP contribution in [-0.4, -0.2) is 47.9 Å². The Morgan fingerprint density at radius 1 is 1.08 bits per heavy atom. The molecule has 1 fully saturated rings. The van der Waals surface area contributed by atoms with Crippen molar-refractivity contribution in [2.75, 3.05) is 19.3 Å². The topological polar surface area (TPSA) is 126 Å². The number of amidine groups is 1. The summed E-state index contributed by atoms with van der Waals surface area (Å²) in [7, 11) is 0. The molecule has 0 radical (unpaired) electrons. The van der Waals surface area contributed by atoms with Gasteiger partial charge in [0.25, 0.3) is 0 Å². The highest BCUT2D eigenvalue weighted by Gasteiger charge is 2.33. The summed E-state index contributed by atoms with van der Waals surface area (Å²) < 4.78 is 2.92. The van der Waals surface area contributed by atoms with Gasteiger partial charge < -0.3 is 21.8 Å². The number of nitrogens with zero attached hydrogens (tertiary/aromatic N) is 2. The predicted molar refractivity (Wildman–Crippen MR) is 153 cm³/mol. The van der Waals surface area contributed by atoms with E-state index in [2.05, 4.69) is 75.8 Å². The smallest absolute Gasteiger partial charge is 0.243 e. The fourth-order valence-electron chi connectivity index (χ4n) is 3.97. The molecule has 0 saturated carbocycles. The number of hydrogen-bond acceptors (Lipinski definition) is 7. The molecule has 6 N–H and O–H groups in total. The number of carbonyl (C=O) groups excluding carboxylic acids is 2. The standard InChI is InChI=1S/C14H22N6O2S2.C13H12/c1-23-18-7-12(21)20-4-2-3-10(20)14(22)17-6-9-5-11(24-8-9)13(15)19-16;1-3-7-12(8-4-1)11-13-9-5-2-6-10-13/h5,8,10,18H,2-4,6-7,16H2,1H3,(H2,15,19)(H,17,22);1-10H,11H2. The number of carbonyl (C=O) groups is 2. The molecule has 1 saturated heterocycles. The van der Waals surface area contributed by atoms with Crippen molar-refractivity contribution in [3.63, 3.8) is 0 Å². The molecule has 4 rings (SSSR count). The van der Waals surface area contributed by atoms with Crippen LogP contribution in [0.1, 0.15) is 34.4 Å². The first-order chi connectivity index (χ1) is 18.0. The molecule has 0 spiro atoms. The third-order valence-electron chi connectivity index (χ3n) is 5.85. The van der Waals surface area contributed by atoms with E-state index < -0.39 is 6.04 Å². The monoisotopic (exact) mass is 538 g/mol. The zero-order chi connectivity index (χ0) is 26.5. The summed E-state index contributed by atoms with van der Waals surface area (Å²) in [4.78, 5) is 27.0. The van der Waals surface area contributed by atoms with E-state index in [0.717, 1.165) is 23.3 Å². The zero-order valence-electron chi connectivity index (χ0n) is 20.9. The highest BCUT2D eigenvalue weighted by Crippen LogP contribution is 2.19. The van der Waals surface area contributed by atoms with Crippen LogP contribution in [0.5, 0.6) is 0 Å². The molecule has 1 unspecified atom stereocenters. The lowest BCUT2D eigenvalue weighted by atomic mass is 10.1. The van der Waals surface area contributed by atoms with Gasteiger partial charge in [0, 0.05) is 13.1 Å². The van der Waals surface area contributed by atoms with Crippen LogP contribution in [0, 0.1) is 0 Å². The number of likely N-dealkylation sites (tertiary alicyclic amines) is 1. The fraction of sp³-hybridized carbons (Fsp3) is 0.296. The quantitative estimate of drug-likeness (QED) is 0.109. The van der Waals surface area contributed by atoms with Crippen molar-refractivity contribution in [2.45, 2.75) is 31.8 Å². The lowest BCUT2D eigenvalue weighted by Gasteiger charge is -2.24. The molecule has 0 aliphatic carbocycles. The Balaban J connectivity index is 0.000000244. The number of hydrazone groups is 1. The number of hydrogen-bond donors (Lipinski definition) is 4. The second kappa shape index (κ2) is 15.0. The molecule has 2 amide bonds. The molecule has 8 nitrogen and oxygen atoms in total. The number of rotatable bonds is 9. The maximum atomic E-state index is 12.4. The largest absolute Gasteiger partial charge is 0.381 e. The number of thiophene rings is 1. The first-order valence-corrected chi connectivity index (χ1v) is 14.1. The minimum absolute atomic E-state index is 0.0493. The van der Waals surface area contributed by atoms with Crippen molar-refractivity contribution in [2.24, 2.45) is 16.7 Å². The minimum Gasteiger partial charge on any atom is -0.381 e. The van der Waals surface area contributed by atoms with E-state index in [4.69, 9.17) is 11.6 Å². The average molecular weight is 539 g/mol. The Morgan fingerprint density at radius 2 is 1.73 bits per heavy atom. The van der Waals surface area contributed by atoms with Crippen molar-refractivity contribution >= 4 is 40.9 Å². The third kappa shape index (κ3) is 8.92.